The number of hydrogen-bond donors (Lipinski definition) is 2. The number of rotatable bonds is 4. The first-order valence-electron chi connectivity index (χ1n) is 7.60. The van der Waals surface area contributed by atoms with Gasteiger partial charge in [-0.15, -0.1) is 0 Å². The first kappa shape index (κ1) is 16.4. The Labute approximate surface area is 118 Å². The lowest BCUT2D eigenvalue weighted by molar-refractivity contribution is -0.123. The lowest BCUT2D eigenvalue weighted by atomic mass is 10.1. The first-order chi connectivity index (χ1) is 8.83. The summed E-state index contributed by atoms with van der Waals surface area (Å²) in [4.78, 5) is 14.5. The fourth-order valence-corrected chi connectivity index (χ4v) is 2.86. The van der Waals surface area contributed by atoms with Crippen LogP contribution in [0.4, 0.5) is 0 Å². The van der Waals surface area contributed by atoms with Crippen LogP contribution >= 0.6 is 0 Å². The molecule has 2 atom stereocenters. The number of carbonyl (C=O) groups excluding carboxylic acids is 1. The molecule has 4 heteroatoms. The predicted octanol–water partition coefficient (Wildman–Crippen LogP) is 1.88. The highest BCUT2D eigenvalue weighted by atomic mass is 16.1. The molecule has 112 valence electrons. The second-order valence-electron chi connectivity index (χ2n) is 6.83. The SMILES string of the molecule is CC1CCCCCN1C(CN)CC(=O)NC(C)(C)C. The highest BCUT2D eigenvalue weighted by Gasteiger charge is 2.26. The number of nitrogens with zero attached hydrogens (tertiary/aromatic N) is 1. The van der Waals surface area contributed by atoms with Gasteiger partial charge in [-0.1, -0.05) is 12.8 Å². The smallest absolute Gasteiger partial charge is 0.222 e. The van der Waals surface area contributed by atoms with Crippen molar-refractivity contribution in [3.63, 3.8) is 0 Å². The van der Waals surface area contributed by atoms with Crippen molar-refractivity contribution in [1.82, 2.24) is 10.2 Å². The maximum atomic E-state index is 12.1. The Balaban J connectivity index is 2.58. The normalized spacial score (nSPS) is 23.7. The van der Waals surface area contributed by atoms with E-state index in [1.165, 1.54) is 25.7 Å². The molecule has 1 saturated heterocycles. The van der Waals surface area contributed by atoms with E-state index in [4.69, 9.17) is 5.73 Å². The molecule has 4 nitrogen and oxygen atoms in total. The second kappa shape index (κ2) is 7.25. The summed E-state index contributed by atoms with van der Waals surface area (Å²) in [6.07, 6.45) is 5.55. The van der Waals surface area contributed by atoms with E-state index in [2.05, 4.69) is 17.1 Å². The highest BCUT2D eigenvalue weighted by molar-refractivity contribution is 5.77. The standard InChI is InChI=1S/C15H31N3O/c1-12-8-6-5-7-9-18(12)13(11-16)10-14(19)17-15(2,3)4/h12-13H,5-11,16H2,1-4H3,(H,17,19). The molecule has 0 radical (unpaired) electrons. The van der Waals surface area contributed by atoms with Crippen LogP contribution < -0.4 is 11.1 Å². The van der Waals surface area contributed by atoms with Crippen molar-refractivity contribution in [2.24, 2.45) is 5.73 Å². The monoisotopic (exact) mass is 269 g/mol. The summed E-state index contributed by atoms with van der Waals surface area (Å²) < 4.78 is 0. The molecule has 0 aromatic rings. The fourth-order valence-electron chi connectivity index (χ4n) is 2.86. The van der Waals surface area contributed by atoms with Gasteiger partial charge in [0, 0.05) is 30.6 Å². The molecular formula is C15H31N3O. The van der Waals surface area contributed by atoms with Gasteiger partial charge in [-0.3, -0.25) is 9.69 Å². The van der Waals surface area contributed by atoms with Crippen molar-refractivity contribution < 1.29 is 4.79 Å². The van der Waals surface area contributed by atoms with Crippen molar-refractivity contribution in [3.8, 4) is 0 Å². The average molecular weight is 269 g/mol. The summed E-state index contributed by atoms with van der Waals surface area (Å²) in [6, 6.07) is 0.717. The van der Waals surface area contributed by atoms with Gasteiger partial charge >= 0.3 is 0 Å². The largest absolute Gasteiger partial charge is 0.351 e. The molecule has 0 aromatic carbocycles. The molecule has 0 spiro atoms. The Kier molecular flexibility index (Phi) is 6.27. The summed E-state index contributed by atoms with van der Waals surface area (Å²) >= 11 is 0. The minimum atomic E-state index is -0.166. The van der Waals surface area contributed by atoms with Crippen LogP contribution in [0.2, 0.25) is 0 Å². The quantitative estimate of drug-likeness (QED) is 0.819. The zero-order valence-corrected chi connectivity index (χ0v) is 13.0. The van der Waals surface area contributed by atoms with E-state index in [0.29, 0.717) is 19.0 Å². The van der Waals surface area contributed by atoms with Crippen molar-refractivity contribution in [2.75, 3.05) is 13.1 Å². The van der Waals surface area contributed by atoms with E-state index in [1.807, 2.05) is 20.8 Å². The zero-order chi connectivity index (χ0) is 14.5. The molecule has 3 N–H and O–H groups in total. The molecule has 0 aliphatic carbocycles. The van der Waals surface area contributed by atoms with Crippen LogP contribution in [-0.2, 0) is 4.79 Å². The Morgan fingerprint density at radius 1 is 1.37 bits per heavy atom. The summed E-state index contributed by atoms with van der Waals surface area (Å²) in [5.41, 5.74) is 5.74. The van der Waals surface area contributed by atoms with Gasteiger partial charge in [0.2, 0.25) is 5.91 Å². The van der Waals surface area contributed by atoms with Crippen molar-refractivity contribution in [3.05, 3.63) is 0 Å². The van der Waals surface area contributed by atoms with Crippen molar-refractivity contribution >= 4 is 5.91 Å². The number of amides is 1. The Bertz CT molecular complexity index is 286. The minimum absolute atomic E-state index is 0.111. The topological polar surface area (TPSA) is 58.4 Å². The number of carbonyl (C=O) groups is 1. The number of likely N-dealkylation sites (tertiary alicyclic amines) is 1. The van der Waals surface area contributed by atoms with Crippen LogP contribution in [0.15, 0.2) is 0 Å². The number of nitrogens with one attached hydrogen (secondary N) is 1. The molecular weight excluding hydrogens is 238 g/mol. The molecule has 1 fully saturated rings. The van der Waals surface area contributed by atoms with Gasteiger partial charge in [0.1, 0.15) is 0 Å². The van der Waals surface area contributed by atoms with E-state index in [9.17, 15) is 4.79 Å². The third kappa shape index (κ3) is 5.91. The van der Waals surface area contributed by atoms with Gasteiger partial charge in [0.15, 0.2) is 0 Å². The van der Waals surface area contributed by atoms with Crippen molar-refractivity contribution in [2.45, 2.75) is 77.4 Å². The molecule has 19 heavy (non-hydrogen) atoms. The second-order valence-corrected chi connectivity index (χ2v) is 6.83. The average Bonchev–Trinajstić information content (AvgIpc) is 2.48. The predicted molar refractivity (Wildman–Crippen MR) is 80.0 cm³/mol. The highest BCUT2D eigenvalue weighted by Crippen LogP contribution is 2.20. The van der Waals surface area contributed by atoms with Gasteiger partial charge < -0.3 is 11.1 Å². The summed E-state index contributed by atoms with van der Waals surface area (Å²) in [5, 5.41) is 3.03. The molecule has 1 heterocycles. The number of nitrogens with two attached hydrogens (primary N) is 1. The molecule has 2 unspecified atom stereocenters. The van der Waals surface area contributed by atoms with Crippen LogP contribution in [0.5, 0.6) is 0 Å². The Hall–Kier alpha value is -0.610. The zero-order valence-electron chi connectivity index (χ0n) is 13.0. The molecule has 1 rings (SSSR count). The fraction of sp³-hybridized carbons (Fsp3) is 0.933. The van der Waals surface area contributed by atoms with Crippen LogP contribution in [0.25, 0.3) is 0 Å². The maximum Gasteiger partial charge on any atom is 0.222 e. The van der Waals surface area contributed by atoms with E-state index in [0.717, 1.165) is 6.54 Å². The lowest BCUT2D eigenvalue weighted by Gasteiger charge is -2.35. The molecule has 0 bridgehead atoms. The van der Waals surface area contributed by atoms with Crippen LogP contribution in [0.3, 0.4) is 0 Å². The van der Waals surface area contributed by atoms with E-state index in [1.54, 1.807) is 0 Å². The van der Waals surface area contributed by atoms with Crippen LogP contribution in [0, 0.1) is 0 Å². The van der Waals surface area contributed by atoms with Gasteiger partial charge in [0.05, 0.1) is 0 Å². The van der Waals surface area contributed by atoms with Crippen LogP contribution in [-0.4, -0.2) is 41.5 Å². The summed E-state index contributed by atoms with van der Waals surface area (Å²) in [5.74, 6) is 0.111. The summed E-state index contributed by atoms with van der Waals surface area (Å²) in [7, 11) is 0. The lowest BCUT2D eigenvalue weighted by Crippen LogP contribution is -2.50. The Morgan fingerprint density at radius 2 is 2.05 bits per heavy atom. The maximum absolute atomic E-state index is 12.1. The van der Waals surface area contributed by atoms with Gasteiger partial charge in [0.25, 0.3) is 0 Å². The van der Waals surface area contributed by atoms with E-state index < -0.39 is 0 Å². The molecule has 0 saturated carbocycles. The molecule has 0 aromatic heterocycles. The van der Waals surface area contributed by atoms with Gasteiger partial charge in [-0.25, -0.2) is 0 Å². The van der Waals surface area contributed by atoms with Crippen LogP contribution in [0.1, 0.15) is 59.8 Å². The van der Waals surface area contributed by atoms with E-state index >= 15 is 0 Å². The molecule has 1 amide bonds. The van der Waals surface area contributed by atoms with Gasteiger partial charge in [-0.05, 0) is 47.1 Å². The third-order valence-corrected chi connectivity index (χ3v) is 3.78. The minimum Gasteiger partial charge on any atom is -0.351 e. The Morgan fingerprint density at radius 3 is 2.63 bits per heavy atom. The first-order valence-corrected chi connectivity index (χ1v) is 7.60. The summed E-state index contributed by atoms with van der Waals surface area (Å²) in [6.45, 7) is 9.92. The molecule has 1 aliphatic heterocycles. The van der Waals surface area contributed by atoms with Gasteiger partial charge in [-0.2, -0.15) is 0 Å². The number of hydrogen-bond acceptors (Lipinski definition) is 3. The molecule has 1 aliphatic rings. The van der Waals surface area contributed by atoms with E-state index in [-0.39, 0.29) is 17.5 Å². The van der Waals surface area contributed by atoms with Crippen molar-refractivity contribution in [1.29, 1.82) is 0 Å². The third-order valence-electron chi connectivity index (χ3n) is 3.78.